The molecule has 0 saturated carbocycles. The van der Waals surface area contributed by atoms with E-state index in [4.69, 9.17) is 32.7 Å². The van der Waals surface area contributed by atoms with Crippen molar-refractivity contribution < 1.29 is 23.9 Å². The number of amides is 4. The maximum Gasteiger partial charge on any atom is 0.343 e. The van der Waals surface area contributed by atoms with E-state index in [1.807, 2.05) is 37.3 Å². The quantitative estimate of drug-likeness (QED) is 0.0939. The van der Waals surface area contributed by atoms with Crippen molar-refractivity contribution in [1.82, 2.24) is 0 Å². The fourth-order valence-electron chi connectivity index (χ4n) is 5.19. The second-order valence-electron chi connectivity index (χ2n) is 10.5. The fourth-order valence-corrected chi connectivity index (χ4v) is 6.43. The number of methoxy groups -OCH3 is 1. The lowest BCUT2D eigenvalue weighted by atomic mass is 10.0. The van der Waals surface area contributed by atoms with E-state index >= 15 is 0 Å². The maximum atomic E-state index is 14.2. The highest BCUT2D eigenvalue weighted by atomic mass is 127. The minimum absolute atomic E-state index is 0.160. The number of ether oxygens (including phenoxy) is 2. The molecule has 1 heterocycles. The fraction of sp³-hybridized carbons (Fsp3) is 0.0833. The molecule has 0 aromatic heterocycles. The van der Waals surface area contributed by atoms with Crippen LogP contribution in [-0.2, 0) is 16.2 Å². The molecule has 0 atom stereocenters. The minimum atomic E-state index is -0.760. The molecule has 1 fully saturated rings. The SMILES string of the molecule is COc1cc(/C=C2\C(=O)N(c3ccc(C)cc3)C(=O)N(c3cccc4ccccc34)C2=O)cc(I)c1OCc1ccc(Cl)cc1Cl. The smallest absolute Gasteiger partial charge is 0.343 e. The first kappa shape index (κ1) is 31.6. The second-order valence-corrected chi connectivity index (χ2v) is 12.5. The van der Waals surface area contributed by atoms with Crippen molar-refractivity contribution in [3.8, 4) is 11.5 Å². The van der Waals surface area contributed by atoms with E-state index in [-0.39, 0.29) is 12.2 Å². The number of urea groups is 1. The number of halogens is 3. The Labute approximate surface area is 289 Å². The molecule has 7 nitrogen and oxygen atoms in total. The topological polar surface area (TPSA) is 76.2 Å². The number of imide groups is 2. The van der Waals surface area contributed by atoms with Crippen LogP contribution in [0.1, 0.15) is 16.7 Å². The third kappa shape index (κ3) is 6.08. The number of nitrogens with zero attached hydrogens (tertiary/aromatic N) is 2. The minimum Gasteiger partial charge on any atom is -0.493 e. The molecule has 1 aliphatic rings. The van der Waals surface area contributed by atoms with Crippen LogP contribution in [0.5, 0.6) is 11.5 Å². The van der Waals surface area contributed by atoms with Gasteiger partial charge in [0.25, 0.3) is 11.8 Å². The zero-order valence-corrected chi connectivity index (χ0v) is 28.3. The summed E-state index contributed by atoms with van der Waals surface area (Å²) in [5.41, 5.74) is 2.74. The van der Waals surface area contributed by atoms with Crippen LogP contribution in [0, 0.1) is 10.5 Å². The molecule has 1 saturated heterocycles. The van der Waals surface area contributed by atoms with Crippen LogP contribution in [-0.4, -0.2) is 25.0 Å². The summed E-state index contributed by atoms with van der Waals surface area (Å²) in [6.07, 6.45) is 1.47. The third-order valence-corrected chi connectivity index (χ3v) is 8.89. The lowest BCUT2D eigenvalue weighted by Crippen LogP contribution is -2.57. The maximum absolute atomic E-state index is 14.2. The van der Waals surface area contributed by atoms with E-state index < -0.39 is 17.8 Å². The molecular weight excluding hydrogens is 738 g/mol. The van der Waals surface area contributed by atoms with Crippen LogP contribution in [0.25, 0.3) is 16.8 Å². The van der Waals surface area contributed by atoms with Gasteiger partial charge in [-0.3, -0.25) is 9.59 Å². The summed E-state index contributed by atoms with van der Waals surface area (Å²) in [6, 6.07) is 27.6. The van der Waals surface area contributed by atoms with Gasteiger partial charge in [-0.05, 0) is 89.0 Å². The largest absolute Gasteiger partial charge is 0.493 e. The van der Waals surface area contributed by atoms with E-state index in [0.29, 0.717) is 47.4 Å². The normalized spacial score (nSPS) is 14.4. The molecule has 0 N–H and O–H groups in total. The lowest BCUT2D eigenvalue weighted by Gasteiger charge is -2.34. The van der Waals surface area contributed by atoms with Gasteiger partial charge in [0, 0.05) is 21.0 Å². The highest BCUT2D eigenvalue weighted by Crippen LogP contribution is 2.38. The molecule has 0 bridgehead atoms. The molecule has 0 unspecified atom stereocenters. The predicted molar refractivity (Wildman–Crippen MR) is 190 cm³/mol. The Balaban J connectivity index is 1.43. The number of benzene rings is 5. The number of carbonyl (C=O) groups excluding carboxylic acids is 3. The number of fused-ring (bicyclic) bond motifs is 1. The monoisotopic (exact) mass is 762 g/mol. The van der Waals surface area contributed by atoms with Crippen molar-refractivity contribution in [3.63, 3.8) is 0 Å². The van der Waals surface area contributed by atoms with E-state index in [1.165, 1.54) is 13.2 Å². The van der Waals surface area contributed by atoms with Gasteiger partial charge in [-0.2, -0.15) is 0 Å². The molecular formula is C36H25Cl2IN2O5. The summed E-state index contributed by atoms with van der Waals surface area (Å²) in [6.45, 7) is 2.07. The number of anilines is 2. The molecule has 0 radical (unpaired) electrons. The van der Waals surface area contributed by atoms with Gasteiger partial charge in [0.2, 0.25) is 0 Å². The van der Waals surface area contributed by atoms with Gasteiger partial charge < -0.3 is 9.47 Å². The van der Waals surface area contributed by atoms with Crippen molar-refractivity contribution in [2.45, 2.75) is 13.5 Å². The van der Waals surface area contributed by atoms with Crippen LogP contribution in [0.4, 0.5) is 16.2 Å². The van der Waals surface area contributed by atoms with E-state index in [9.17, 15) is 14.4 Å². The lowest BCUT2D eigenvalue weighted by molar-refractivity contribution is -0.121. The van der Waals surface area contributed by atoms with E-state index in [2.05, 4.69) is 22.6 Å². The average Bonchev–Trinajstić information content (AvgIpc) is 3.04. The summed E-state index contributed by atoms with van der Waals surface area (Å²) in [5, 5.41) is 2.54. The summed E-state index contributed by atoms with van der Waals surface area (Å²) in [5.74, 6) is -0.619. The molecule has 230 valence electrons. The van der Waals surface area contributed by atoms with E-state index in [1.54, 1.807) is 66.7 Å². The molecule has 6 rings (SSSR count). The van der Waals surface area contributed by atoms with Gasteiger partial charge in [-0.15, -0.1) is 0 Å². The van der Waals surface area contributed by atoms with Crippen LogP contribution in [0.15, 0.2) is 103 Å². The predicted octanol–water partition coefficient (Wildman–Crippen LogP) is 9.23. The molecule has 46 heavy (non-hydrogen) atoms. The zero-order chi connectivity index (χ0) is 32.5. The number of hydrogen-bond acceptors (Lipinski definition) is 5. The summed E-state index contributed by atoms with van der Waals surface area (Å²) in [7, 11) is 1.50. The van der Waals surface area contributed by atoms with Crippen molar-refractivity contribution in [1.29, 1.82) is 0 Å². The van der Waals surface area contributed by atoms with Crippen LogP contribution in [0.2, 0.25) is 10.0 Å². The Kier molecular flexibility index (Phi) is 9.04. The third-order valence-electron chi connectivity index (χ3n) is 7.50. The number of hydrogen-bond donors (Lipinski definition) is 0. The Morgan fingerprint density at radius 3 is 2.28 bits per heavy atom. The molecule has 0 spiro atoms. The van der Waals surface area contributed by atoms with Crippen molar-refractivity contribution >= 4 is 91.9 Å². The highest BCUT2D eigenvalue weighted by Gasteiger charge is 2.44. The van der Waals surface area contributed by atoms with Crippen molar-refractivity contribution in [2.24, 2.45) is 0 Å². The van der Waals surface area contributed by atoms with Gasteiger partial charge in [0.15, 0.2) is 11.5 Å². The summed E-state index contributed by atoms with van der Waals surface area (Å²) < 4.78 is 12.4. The molecule has 5 aromatic carbocycles. The Morgan fingerprint density at radius 1 is 0.826 bits per heavy atom. The van der Waals surface area contributed by atoms with E-state index in [0.717, 1.165) is 26.3 Å². The Morgan fingerprint density at radius 2 is 1.54 bits per heavy atom. The average molecular weight is 763 g/mol. The van der Waals surface area contributed by atoms with Crippen LogP contribution < -0.4 is 19.3 Å². The summed E-state index contributed by atoms with van der Waals surface area (Å²) in [4.78, 5) is 44.3. The molecule has 10 heteroatoms. The van der Waals surface area contributed by atoms with Gasteiger partial charge >= 0.3 is 6.03 Å². The summed E-state index contributed by atoms with van der Waals surface area (Å²) >= 11 is 14.5. The molecule has 0 aliphatic carbocycles. The first-order valence-electron chi connectivity index (χ1n) is 14.1. The van der Waals surface area contributed by atoms with Crippen LogP contribution in [0.3, 0.4) is 0 Å². The van der Waals surface area contributed by atoms with Crippen molar-refractivity contribution in [3.05, 3.63) is 133 Å². The van der Waals surface area contributed by atoms with Gasteiger partial charge in [-0.25, -0.2) is 14.6 Å². The number of carbonyl (C=O) groups is 3. The standard InChI is InChI=1S/C36H25Cl2IN2O5/c1-21-10-14-26(15-11-21)40-34(42)28(35(43)41(36(40)44)31-9-5-7-23-6-3-4-8-27(23)31)16-22-17-30(39)33(32(18-22)45-2)46-20-24-12-13-25(37)19-29(24)38/h3-19H,20H2,1-2H3/b28-16+. The molecule has 4 amide bonds. The van der Waals surface area contributed by atoms with Crippen LogP contribution >= 0.6 is 45.8 Å². The van der Waals surface area contributed by atoms with Gasteiger partial charge in [-0.1, -0.05) is 83.4 Å². The first-order valence-corrected chi connectivity index (χ1v) is 15.9. The first-order chi connectivity index (χ1) is 22.2. The van der Waals surface area contributed by atoms with Crippen molar-refractivity contribution in [2.75, 3.05) is 16.9 Å². The number of rotatable bonds is 7. The molecule has 1 aliphatic heterocycles. The highest BCUT2D eigenvalue weighted by molar-refractivity contribution is 14.1. The van der Waals surface area contributed by atoms with Gasteiger partial charge in [0.05, 0.1) is 22.1 Å². The zero-order valence-electron chi connectivity index (χ0n) is 24.6. The Bertz CT molecular complexity index is 2060. The Hall–Kier alpha value is -4.38. The second kappa shape index (κ2) is 13.2. The number of barbiturate groups is 1. The number of aryl methyl sites for hydroxylation is 1. The van der Waals surface area contributed by atoms with Gasteiger partial charge in [0.1, 0.15) is 12.2 Å². The molecule has 5 aromatic rings.